The van der Waals surface area contributed by atoms with Gasteiger partial charge in [-0.3, -0.25) is 14.9 Å². The van der Waals surface area contributed by atoms with Crippen LogP contribution in [0, 0.1) is 15.9 Å². The molecule has 9 nitrogen and oxygen atoms in total. The molecule has 3 rings (SSSR count). The Kier molecular flexibility index (Phi) is 5.58. The van der Waals surface area contributed by atoms with Crippen molar-refractivity contribution in [1.82, 2.24) is 0 Å². The van der Waals surface area contributed by atoms with Gasteiger partial charge >= 0.3 is 5.97 Å². The Balaban J connectivity index is 1.51. The number of hydrogen-bond acceptors (Lipinski definition) is 7. The molecule has 1 heterocycles. The van der Waals surface area contributed by atoms with Crippen molar-refractivity contribution in [3.63, 3.8) is 0 Å². The van der Waals surface area contributed by atoms with Crippen LogP contribution in [0.4, 0.5) is 15.8 Å². The van der Waals surface area contributed by atoms with E-state index in [-0.39, 0.29) is 17.8 Å². The molecule has 1 aliphatic rings. The zero-order valence-corrected chi connectivity index (χ0v) is 14.3. The van der Waals surface area contributed by atoms with E-state index in [2.05, 4.69) is 10.5 Å². The molecule has 0 fully saturated rings. The molecule has 1 unspecified atom stereocenters. The Morgan fingerprint density at radius 2 is 2.07 bits per heavy atom. The highest BCUT2D eigenvalue weighted by atomic mass is 19.1. The molecule has 0 aliphatic carbocycles. The number of ether oxygens (including phenoxy) is 1. The second-order valence-electron chi connectivity index (χ2n) is 5.78. The number of rotatable bonds is 6. The fourth-order valence-electron chi connectivity index (χ4n) is 2.50. The van der Waals surface area contributed by atoms with Crippen LogP contribution in [-0.4, -0.2) is 35.2 Å². The number of benzene rings is 2. The Morgan fingerprint density at radius 3 is 2.82 bits per heavy atom. The fourth-order valence-corrected chi connectivity index (χ4v) is 2.50. The molecule has 2 aromatic rings. The van der Waals surface area contributed by atoms with Gasteiger partial charge in [-0.25, -0.2) is 9.18 Å². The first-order valence-electron chi connectivity index (χ1n) is 8.12. The van der Waals surface area contributed by atoms with Crippen LogP contribution in [0.3, 0.4) is 0 Å². The smallest absolute Gasteiger partial charge is 0.351 e. The summed E-state index contributed by atoms with van der Waals surface area (Å²) in [4.78, 5) is 39.2. The van der Waals surface area contributed by atoms with Crippen molar-refractivity contribution < 1.29 is 28.5 Å². The molecule has 1 N–H and O–H groups in total. The first kappa shape index (κ1) is 19.0. The molecule has 1 aliphatic heterocycles. The molecule has 0 saturated carbocycles. The molecule has 0 saturated heterocycles. The van der Waals surface area contributed by atoms with Crippen LogP contribution in [0.2, 0.25) is 0 Å². The Labute approximate surface area is 157 Å². The molecular weight excluding hydrogens is 373 g/mol. The lowest BCUT2D eigenvalue weighted by molar-refractivity contribution is -0.383. The number of carbonyl (C=O) groups is 2. The third-order valence-corrected chi connectivity index (χ3v) is 3.81. The van der Waals surface area contributed by atoms with Crippen LogP contribution in [0.1, 0.15) is 12.0 Å². The Bertz CT molecular complexity index is 962. The van der Waals surface area contributed by atoms with E-state index < -0.39 is 35.3 Å². The number of nitrogens with zero attached hydrogens (tertiary/aromatic N) is 2. The van der Waals surface area contributed by atoms with Crippen LogP contribution < -0.4 is 5.32 Å². The molecule has 1 atom stereocenters. The van der Waals surface area contributed by atoms with E-state index in [9.17, 15) is 24.1 Å². The fraction of sp³-hybridized carbons (Fsp3) is 0.167. The summed E-state index contributed by atoms with van der Waals surface area (Å²) in [5, 5.41) is 17.0. The van der Waals surface area contributed by atoms with E-state index in [0.717, 1.165) is 0 Å². The summed E-state index contributed by atoms with van der Waals surface area (Å²) in [5.74, 6) is -2.02. The molecule has 28 heavy (non-hydrogen) atoms. The Hall–Kier alpha value is -3.82. The van der Waals surface area contributed by atoms with Crippen LogP contribution in [0.25, 0.3) is 0 Å². The Morgan fingerprint density at radius 1 is 1.29 bits per heavy atom. The van der Waals surface area contributed by atoms with Gasteiger partial charge in [0.05, 0.1) is 10.6 Å². The van der Waals surface area contributed by atoms with Crippen molar-refractivity contribution in [3.8, 4) is 0 Å². The van der Waals surface area contributed by atoms with Crippen LogP contribution >= 0.6 is 0 Å². The largest absolute Gasteiger partial charge is 0.453 e. The van der Waals surface area contributed by atoms with Crippen molar-refractivity contribution in [2.75, 3.05) is 11.9 Å². The zero-order valence-electron chi connectivity index (χ0n) is 14.3. The first-order valence-corrected chi connectivity index (χ1v) is 8.12. The molecule has 0 bridgehead atoms. The maximum atomic E-state index is 13.3. The molecule has 0 aromatic heterocycles. The normalized spacial score (nSPS) is 15.3. The number of nitrogens with one attached hydrogen (secondary N) is 1. The van der Waals surface area contributed by atoms with E-state index in [1.807, 2.05) is 0 Å². The number of nitro benzene ring substituents is 1. The quantitative estimate of drug-likeness (QED) is 0.462. The number of para-hydroxylation sites is 2. The van der Waals surface area contributed by atoms with Crippen molar-refractivity contribution in [2.24, 2.45) is 5.16 Å². The van der Waals surface area contributed by atoms with Crippen LogP contribution in [0.15, 0.2) is 53.7 Å². The molecule has 1 amide bonds. The van der Waals surface area contributed by atoms with Crippen molar-refractivity contribution in [3.05, 3.63) is 70.0 Å². The summed E-state index contributed by atoms with van der Waals surface area (Å²) < 4.78 is 18.1. The highest BCUT2D eigenvalue weighted by Gasteiger charge is 2.31. The number of nitro groups is 1. The molecule has 0 spiro atoms. The first-order chi connectivity index (χ1) is 13.4. The van der Waals surface area contributed by atoms with Gasteiger partial charge < -0.3 is 14.9 Å². The molecular formula is C18H14FN3O6. The second-order valence-corrected chi connectivity index (χ2v) is 5.78. The number of oxime groups is 1. The van der Waals surface area contributed by atoms with Gasteiger partial charge in [0.1, 0.15) is 11.5 Å². The molecule has 10 heteroatoms. The summed E-state index contributed by atoms with van der Waals surface area (Å²) in [7, 11) is 0. The average Bonchev–Trinajstić information content (AvgIpc) is 3.17. The predicted octanol–water partition coefficient (Wildman–Crippen LogP) is 2.41. The molecule has 0 radical (unpaired) electrons. The van der Waals surface area contributed by atoms with Crippen molar-refractivity contribution >= 4 is 29.0 Å². The lowest BCUT2D eigenvalue weighted by Gasteiger charge is -2.09. The lowest BCUT2D eigenvalue weighted by Crippen LogP contribution is -2.28. The number of halogens is 1. The third-order valence-electron chi connectivity index (χ3n) is 3.81. The van der Waals surface area contributed by atoms with Crippen molar-refractivity contribution in [1.29, 1.82) is 0 Å². The van der Waals surface area contributed by atoms with Gasteiger partial charge in [-0.1, -0.05) is 29.4 Å². The zero-order chi connectivity index (χ0) is 20.1. The number of anilines is 1. The average molecular weight is 387 g/mol. The minimum Gasteiger partial charge on any atom is -0.453 e. The van der Waals surface area contributed by atoms with Gasteiger partial charge in [0, 0.05) is 18.1 Å². The maximum Gasteiger partial charge on any atom is 0.351 e. The van der Waals surface area contributed by atoms with Gasteiger partial charge in [-0.05, 0) is 18.2 Å². The number of esters is 1. The third kappa shape index (κ3) is 4.47. The summed E-state index contributed by atoms with van der Waals surface area (Å²) in [6, 6.07) is 11.2. The number of amides is 1. The van der Waals surface area contributed by atoms with Gasteiger partial charge in [0.2, 0.25) is 6.10 Å². The van der Waals surface area contributed by atoms with E-state index in [1.54, 1.807) is 6.07 Å². The van der Waals surface area contributed by atoms with Crippen molar-refractivity contribution in [2.45, 2.75) is 12.5 Å². The van der Waals surface area contributed by atoms with E-state index in [4.69, 9.17) is 9.57 Å². The summed E-state index contributed by atoms with van der Waals surface area (Å²) in [6.07, 6.45) is -0.995. The van der Waals surface area contributed by atoms with Crippen LogP contribution in [-0.2, 0) is 19.2 Å². The topological polar surface area (TPSA) is 120 Å². The number of hydrogen-bond donors (Lipinski definition) is 1. The summed E-state index contributed by atoms with van der Waals surface area (Å²) >= 11 is 0. The molecule has 2 aromatic carbocycles. The highest BCUT2D eigenvalue weighted by Crippen LogP contribution is 2.23. The second kappa shape index (κ2) is 8.25. The standard InChI is InChI=1S/C18H14FN3O6/c19-12-5-3-4-11(8-12)14-9-16(28-21-14)18(24)27-10-17(23)20-13-6-1-2-7-15(13)22(25)26/h1-8,16H,9-10H2,(H,20,23). The van der Waals surface area contributed by atoms with E-state index >= 15 is 0 Å². The van der Waals surface area contributed by atoms with Gasteiger partial charge in [0.15, 0.2) is 6.61 Å². The van der Waals surface area contributed by atoms with Gasteiger partial charge in [-0.15, -0.1) is 0 Å². The highest BCUT2D eigenvalue weighted by molar-refractivity contribution is 6.03. The SMILES string of the molecule is O=C(COC(=O)C1CC(c2cccc(F)c2)=NO1)Nc1ccccc1[N+](=O)[O-]. The van der Waals surface area contributed by atoms with Gasteiger partial charge in [-0.2, -0.15) is 0 Å². The monoisotopic (exact) mass is 387 g/mol. The summed E-state index contributed by atoms with van der Waals surface area (Å²) in [5.41, 5.74) is 0.562. The molecule has 144 valence electrons. The summed E-state index contributed by atoms with van der Waals surface area (Å²) in [6.45, 7) is -0.653. The maximum absolute atomic E-state index is 13.3. The number of carbonyl (C=O) groups excluding carboxylic acids is 2. The minimum atomic E-state index is -1.06. The van der Waals surface area contributed by atoms with Crippen LogP contribution in [0.5, 0.6) is 0 Å². The van der Waals surface area contributed by atoms with Gasteiger partial charge in [0.25, 0.3) is 11.6 Å². The van der Waals surface area contributed by atoms with E-state index in [1.165, 1.54) is 42.5 Å². The lowest BCUT2D eigenvalue weighted by atomic mass is 10.1. The van der Waals surface area contributed by atoms with E-state index in [0.29, 0.717) is 11.3 Å². The predicted molar refractivity (Wildman–Crippen MR) is 95.1 cm³/mol. The minimum absolute atomic E-state index is 0.0117.